The zero-order chi connectivity index (χ0) is 12.5. The highest BCUT2D eigenvalue weighted by atomic mass is 16.5. The van der Waals surface area contributed by atoms with Crippen LogP contribution >= 0.6 is 0 Å². The van der Waals surface area contributed by atoms with E-state index in [0.29, 0.717) is 5.41 Å². The van der Waals surface area contributed by atoms with E-state index in [-0.39, 0.29) is 0 Å². The minimum atomic E-state index is 0.303. The third-order valence-corrected chi connectivity index (χ3v) is 4.02. The Hall–Kier alpha value is -1.02. The van der Waals surface area contributed by atoms with Crippen molar-refractivity contribution in [2.24, 2.45) is 0 Å². The molecule has 0 saturated heterocycles. The van der Waals surface area contributed by atoms with E-state index in [1.807, 2.05) is 7.05 Å². The lowest BCUT2D eigenvalue weighted by Gasteiger charge is -2.44. The first kappa shape index (κ1) is 12.4. The number of rotatable bonds is 4. The molecule has 2 nitrogen and oxygen atoms in total. The van der Waals surface area contributed by atoms with Crippen molar-refractivity contribution in [3.8, 4) is 5.75 Å². The summed E-state index contributed by atoms with van der Waals surface area (Å²) < 4.78 is 5.61. The molecule has 94 valence electrons. The van der Waals surface area contributed by atoms with Gasteiger partial charge in [0.15, 0.2) is 0 Å². The van der Waals surface area contributed by atoms with Crippen LogP contribution in [0.3, 0.4) is 0 Å². The topological polar surface area (TPSA) is 21.3 Å². The normalized spacial score (nSPS) is 17.6. The Bertz CT molecular complexity index is 408. The van der Waals surface area contributed by atoms with Gasteiger partial charge >= 0.3 is 0 Å². The van der Waals surface area contributed by atoms with Crippen LogP contribution in [0.5, 0.6) is 5.75 Å². The van der Waals surface area contributed by atoms with Gasteiger partial charge in [-0.15, -0.1) is 0 Å². The Morgan fingerprint density at radius 3 is 2.47 bits per heavy atom. The van der Waals surface area contributed by atoms with Crippen LogP contribution in [0.15, 0.2) is 12.1 Å². The Labute approximate surface area is 104 Å². The summed E-state index contributed by atoms with van der Waals surface area (Å²) in [7, 11) is 3.82. The summed E-state index contributed by atoms with van der Waals surface area (Å²) >= 11 is 0. The van der Waals surface area contributed by atoms with Crippen LogP contribution in [0.25, 0.3) is 0 Å². The number of aryl methyl sites for hydroxylation is 2. The number of benzene rings is 1. The van der Waals surface area contributed by atoms with Crippen LogP contribution in [-0.4, -0.2) is 20.7 Å². The van der Waals surface area contributed by atoms with Crippen LogP contribution in [-0.2, 0) is 5.41 Å². The van der Waals surface area contributed by atoms with Gasteiger partial charge < -0.3 is 10.1 Å². The van der Waals surface area contributed by atoms with Crippen molar-refractivity contribution in [3.05, 3.63) is 28.8 Å². The molecule has 1 saturated carbocycles. The van der Waals surface area contributed by atoms with Crippen molar-refractivity contribution < 1.29 is 4.74 Å². The minimum absolute atomic E-state index is 0.303. The summed E-state index contributed by atoms with van der Waals surface area (Å²) in [6.07, 6.45) is 3.88. The molecule has 2 heteroatoms. The van der Waals surface area contributed by atoms with E-state index in [1.54, 1.807) is 7.11 Å². The van der Waals surface area contributed by atoms with Gasteiger partial charge in [-0.1, -0.05) is 12.5 Å². The molecule has 1 aliphatic carbocycles. The van der Waals surface area contributed by atoms with Crippen molar-refractivity contribution in [3.63, 3.8) is 0 Å². The fourth-order valence-electron chi connectivity index (χ4n) is 3.23. The quantitative estimate of drug-likeness (QED) is 0.863. The van der Waals surface area contributed by atoms with Crippen LogP contribution in [0.1, 0.15) is 36.0 Å². The monoisotopic (exact) mass is 233 g/mol. The molecular weight excluding hydrogens is 210 g/mol. The second-order valence-electron chi connectivity index (χ2n) is 5.32. The van der Waals surface area contributed by atoms with E-state index in [0.717, 1.165) is 12.3 Å². The van der Waals surface area contributed by atoms with E-state index in [1.165, 1.54) is 36.0 Å². The zero-order valence-corrected chi connectivity index (χ0v) is 11.4. The highest BCUT2D eigenvalue weighted by Gasteiger charge is 2.41. The molecule has 2 rings (SSSR count). The lowest BCUT2D eigenvalue weighted by molar-refractivity contribution is 0.229. The van der Waals surface area contributed by atoms with Crippen molar-refractivity contribution in [1.29, 1.82) is 0 Å². The van der Waals surface area contributed by atoms with Gasteiger partial charge in [0.25, 0.3) is 0 Å². The number of methoxy groups -OCH3 is 1. The molecule has 1 aromatic carbocycles. The molecule has 1 fully saturated rings. The molecule has 17 heavy (non-hydrogen) atoms. The Morgan fingerprint density at radius 2 is 2.00 bits per heavy atom. The van der Waals surface area contributed by atoms with Gasteiger partial charge in [-0.3, -0.25) is 0 Å². The fourth-order valence-corrected chi connectivity index (χ4v) is 3.23. The maximum Gasteiger partial charge on any atom is 0.123 e. The molecule has 1 N–H and O–H groups in total. The molecule has 0 radical (unpaired) electrons. The van der Waals surface area contributed by atoms with Gasteiger partial charge in [0.1, 0.15) is 5.75 Å². The van der Waals surface area contributed by atoms with E-state index in [9.17, 15) is 0 Å². The second kappa shape index (κ2) is 4.69. The van der Waals surface area contributed by atoms with E-state index in [2.05, 4.69) is 31.3 Å². The maximum absolute atomic E-state index is 5.61. The average molecular weight is 233 g/mol. The van der Waals surface area contributed by atoms with Gasteiger partial charge in [0, 0.05) is 17.5 Å². The molecular formula is C15H23NO. The Morgan fingerprint density at radius 1 is 1.29 bits per heavy atom. The lowest BCUT2D eigenvalue weighted by atomic mass is 9.63. The number of nitrogens with one attached hydrogen (secondary N) is 1. The van der Waals surface area contributed by atoms with Crippen LogP contribution in [0.4, 0.5) is 0 Å². The summed E-state index contributed by atoms with van der Waals surface area (Å²) in [5.41, 5.74) is 4.38. The summed E-state index contributed by atoms with van der Waals surface area (Å²) in [4.78, 5) is 0. The number of hydrogen-bond acceptors (Lipinski definition) is 2. The average Bonchev–Trinajstić information content (AvgIpc) is 2.23. The molecule has 0 bridgehead atoms. The number of likely N-dealkylation sites (N-methyl/N-ethyl adjacent to an activating group) is 1. The largest absolute Gasteiger partial charge is 0.496 e. The molecule has 1 aromatic rings. The summed E-state index contributed by atoms with van der Waals surface area (Å²) in [6, 6.07) is 4.44. The van der Waals surface area contributed by atoms with Crippen molar-refractivity contribution in [2.75, 3.05) is 20.7 Å². The van der Waals surface area contributed by atoms with Gasteiger partial charge in [-0.2, -0.15) is 0 Å². The minimum Gasteiger partial charge on any atom is -0.496 e. The highest BCUT2D eigenvalue weighted by Crippen LogP contribution is 2.48. The maximum atomic E-state index is 5.61. The van der Waals surface area contributed by atoms with Crippen LogP contribution in [0, 0.1) is 13.8 Å². The summed E-state index contributed by atoms with van der Waals surface area (Å²) in [6.45, 7) is 5.39. The predicted octanol–water partition coefficient (Wildman–Crippen LogP) is 2.95. The molecule has 0 unspecified atom stereocenters. The molecule has 0 aromatic heterocycles. The first-order chi connectivity index (χ1) is 8.13. The van der Waals surface area contributed by atoms with Crippen molar-refractivity contribution >= 4 is 0 Å². The molecule has 0 aliphatic heterocycles. The third kappa shape index (κ3) is 2.06. The van der Waals surface area contributed by atoms with Gasteiger partial charge in [-0.25, -0.2) is 0 Å². The SMILES string of the molecule is CNCC1(c2c(C)cc(C)cc2OC)CCC1. The smallest absolute Gasteiger partial charge is 0.123 e. The van der Waals surface area contributed by atoms with Crippen LogP contribution < -0.4 is 10.1 Å². The van der Waals surface area contributed by atoms with Gasteiger partial charge in [-0.05, 0) is 50.9 Å². The van der Waals surface area contributed by atoms with E-state index in [4.69, 9.17) is 4.74 Å². The number of hydrogen-bond donors (Lipinski definition) is 1. The van der Waals surface area contributed by atoms with Crippen molar-refractivity contribution in [1.82, 2.24) is 5.32 Å². The molecule has 0 amide bonds. The summed E-state index contributed by atoms with van der Waals surface area (Å²) in [5.74, 6) is 1.07. The third-order valence-electron chi connectivity index (χ3n) is 4.02. The standard InChI is InChI=1S/C15H23NO/c1-11-8-12(2)14(13(9-11)17-4)15(10-16-3)6-5-7-15/h8-9,16H,5-7,10H2,1-4H3. The van der Waals surface area contributed by atoms with Gasteiger partial charge in [0.05, 0.1) is 7.11 Å². The van der Waals surface area contributed by atoms with E-state index < -0.39 is 0 Å². The van der Waals surface area contributed by atoms with E-state index >= 15 is 0 Å². The first-order valence-electron chi connectivity index (χ1n) is 6.43. The van der Waals surface area contributed by atoms with Gasteiger partial charge in [0.2, 0.25) is 0 Å². The first-order valence-corrected chi connectivity index (χ1v) is 6.43. The molecule has 0 atom stereocenters. The lowest BCUT2D eigenvalue weighted by Crippen LogP contribution is -2.43. The molecule has 0 heterocycles. The number of ether oxygens (including phenoxy) is 1. The molecule has 0 spiro atoms. The second-order valence-corrected chi connectivity index (χ2v) is 5.32. The predicted molar refractivity (Wildman–Crippen MR) is 71.9 cm³/mol. The molecule has 1 aliphatic rings. The van der Waals surface area contributed by atoms with Crippen molar-refractivity contribution in [2.45, 2.75) is 38.5 Å². The highest BCUT2D eigenvalue weighted by molar-refractivity contribution is 5.49. The van der Waals surface area contributed by atoms with Crippen LogP contribution in [0.2, 0.25) is 0 Å². The Kier molecular flexibility index (Phi) is 3.43. The Balaban J connectivity index is 2.49. The fraction of sp³-hybridized carbons (Fsp3) is 0.600. The zero-order valence-electron chi connectivity index (χ0n) is 11.4. The summed E-state index contributed by atoms with van der Waals surface area (Å²) in [5, 5.41) is 3.35.